The monoisotopic (exact) mass is 249 g/mol. The van der Waals surface area contributed by atoms with Gasteiger partial charge in [0.15, 0.2) is 0 Å². The molecule has 0 unspecified atom stereocenters. The zero-order valence-corrected chi connectivity index (χ0v) is 11.8. The summed E-state index contributed by atoms with van der Waals surface area (Å²) in [5.41, 5.74) is 2.78. The van der Waals surface area contributed by atoms with E-state index in [9.17, 15) is 0 Å². The summed E-state index contributed by atoms with van der Waals surface area (Å²) in [6.45, 7) is 5.58. The van der Waals surface area contributed by atoms with Crippen molar-refractivity contribution in [3.05, 3.63) is 29.3 Å². The second kappa shape index (κ2) is 6.46. The highest BCUT2D eigenvalue weighted by Gasteiger charge is 2.19. The molecular weight excluding hydrogens is 226 g/mol. The van der Waals surface area contributed by atoms with Crippen LogP contribution in [0.4, 0.5) is 0 Å². The summed E-state index contributed by atoms with van der Waals surface area (Å²) in [5, 5.41) is 3.57. The van der Waals surface area contributed by atoms with Gasteiger partial charge in [0.25, 0.3) is 0 Å². The van der Waals surface area contributed by atoms with Crippen molar-refractivity contribution in [1.82, 2.24) is 5.32 Å². The lowest BCUT2D eigenvalue weighted by atomic mass is 10.2. The predicted octanol–water partition coefficient (Wildman–Crippen LogP) is 3.93. The van der Waals surface area contributed by atoms with Gasteiger partial charge in [-0.05, 0) is 63.5 Å². The fraction of sp³-hybridized carbons (Fsp3) is 0.600. The number of unbranched alkanes of at least 4 members (excludes halogenated alkanes) is 1. The van der Waals surface area contributed by atoms with Gasteiger partial charge in [0.2, 0.25) is 0 Å². The van der Waals surface area contributed by atoms with Crippen LogP contribution in [0.25, 0.3) is 0 Å². The molecule has 0 aliphatic heterocycles. The average molecular weight is 249 g/mol. The quantitative estimate of drug-likeness (QED) is 0.580. The first-order valence-corrected chi connectivity index (χ1v) is 7.68. The Balaban J connectivity index is 1.61. The largest absolute Gasteiger partial charge is 0.314 e. The molecule has 17 heavy (non-hydrogen) atoms. The molecule has 0 heterocycles. The zero-order chi connectivity index (χ0) is 12.1. The Morgan fingerprint density at radius 1 is 1.24 bits per heavy atom. The van der Waals surface area contributed by atoms with E-state index in [2.05, 4.69) is 37.4 Å². The molecule has 1 aromatic rings. The molecule has 2 heteroatoms. The van der Waals surface area contributed by atoms with Crippen LogP contribution in [0.1, 0.15) is 36.8 Å². The normalized spacial score (nSPS) is 15.2. The lowest BCUT2D eigenvalue weighted by molar-refractivity contribution is 0.640. The molecule has 1 nitrogen and oxygen atoms in total. The van der Waals surface area contributed by atoms with Crippen molar-refractivity contribution in [2.45, 2.75) is 50.5 Å². The third-order valence-corrected chi connectivity index (χ3v) is 4.43. The van der Waals surface area contributed by atoms with E-state index in [1.54, 1.807) is 0 Å². The average Bonchev–Trinajstić information content (AvgIpc) is 3.11. The Bertz CT molecular complexity index is 358. The number of rotatable bonds is 7. The van der Waals surface area contributed by atoms with Crippen LogP contribution in [0, 0.1) is 13.8 Å². The first-order valence-electron chi connectivity index (χ1n) is 6.69. The lowest BCUT2D eigenvalue weighted by Gasteiger charge is -2.07. The van der Waals surface area contributed by atoms with Crippen molar-refractivity contribution < 1.29 is 0 Å². The maximum atomic E-state index is 3.57. The van der Waals surface area contributed by atoms with Crippen LogP contribution in [0.2, 0.25) is 0 Å². The van der Waals surface area contributed by atoms with Crippen molar-refractivity contribution in [3.63, 3.8) is 0 Å². The summed E-state index contributed by atoms with van der Waals surface area (Å²) < 4.78 is 0. The number of hydrogen-bond donors (Lipinski definition) is 1. The summed E-state index contributed by atoms with van der Waals surface area (Å²) in [4.78, 5) is 1.46. The van der Waals surface area contributed by atoms with Gasteiger partial charge in [0.05, 0.1) is 0 Å². The van der Waals surface area contributed by atoms with Gasteiger partial charge < -0.3 is 5.32 Å². The topological polar surface area (TPSA) is 12.0 Å². The highest BCUT2D eigenvalue weighted by Crippen LogP contribution is 2.24. The van der Waals surface area contributed by atoms with Crippen molar-refractivity contribution >= 4 is 11.8 Å². The van der Waals surface area contributed by atoms with Crippen LogP contribution < -0.4 is 5.32 Å². The van der Waals surface area contributed by atoms with Gasteiger partial charge in [0.1, 0.15) is 0 Å². The molecule has 0 bridgehead atoms. The van der Waals surface area contributed by atoms with E-state index >= 15 is 0 Å². The molecular formula is C15H23NS. The number of thioether (sulfide) groups is 1. The molecule has 1 fully saturated rings. The van der Waals surface area contributed by atoms with Crippen molar-refractivity contribution in [1.29, 1.82) is 0 Å². The van der Waals surface area contributed by atoms with Gasteiger partial charge in [-0.2, -0.15) is 0 Å². The third kappa shape index (κ3) is 4.72. The highest BCUT2D eigenvalue weighted by atomic mass is 32.2. The van der Waals surface area contributed by atoms with Gasteiger partial charge in [-0.15, -0.1) is 11.8 Å². The summed E-state index contributed by atoms with van der Waals surface area (Å²) in [7, 11) is 0. The minimum atomic E-state index is 0.863. The number of benzene rings is 1. The molecule has 1 aliphatic carbocycles. The molecule has 1 N–H and O–H groups in total. The summed E-state index contributed by atoms with van der Waals surface area (Å²) >= 11 is 2.01. The van der Waals surface area contributed by atoms with E-state index in [0.717, 1.165) is 6.04 Å². The van der Waals surface area contributed by atoms with Crippen molar-refractivity contribution in [3.8, 4) is 0 Å². The molecule has 0 atom stereocenters. The first kappa shape index (κ1) is 13.0. The molecule has 1 saturated carbocycles. The number of aryl methyl sites for hydroxylation is 2. The van der Waals surface area contributed by atoms with E-state index in [1.807, 2.05) is 11.8 Å². The van der Waals surface area contributed by atoms with E-state index in [1.165, 1.54) is 54.0 Å². The third-order valence-electron chi connectivity index (χ3n) is 3.18. The molecule has 94 valence electrons. The van der Waals surface area contributed by atoms with E-state index in [-0.39, 0.29) is 0 Å². The number of hydrogen-bond acceptors (Lipinski definition) is 2. The molecule has 1 aromatic carbocycles. The van der Waals surface area contributed by atoms with E-state index in [4.69, 9.17) is 0 Å². The molecule has 2 rings (SSSR count). The first-order chi connectivity index (χ1) is 8.25. The van der Waals surface area contributed by atoms with Crippen LogP contribution >= 0.6 is 11.8 Å². The van der Waals surface area contributed by atoms with Gasteiger partial charge in [0, 0.05) is 10.9 Å². The second-order valence-electron chi connectivity index (χ2n) is 5.05. The van der Waals surface area contributed by atoms with Gasteiger partial charge >= 0.3 is 0 Å². The van der Waals surface area contributed by atoms with E-state index in [0.29, 0.717) is 0 Å². The maximum Gasteiger partial charge on any atom is 0.0104 e. The van der Waals surface area contributed by atoms with Crippen LogP contribution in [-0.4, -0.2) is 18.3 Å². The Hall–Kier alpha value is -0.470. The van der Waals surface area contributed by atoms with Crippen LogP contribution in [0.3, 0.4) is 0 Å². The maximum absolute atomic E-state index is 3.57. The van der Waals surface area contributed by atoms with Crippen LogP contribution in [0.15, 0.2) is 23.1 Å². The molecule has 0 aromatic heterocycles. The van der Waals surface area contributed by atoms with Gasteiger partial charge in [-0.25, -0.2) is 0 Å². The lowest BCUT2D eigenvalue weighted by Crippen LogP contribution is -2.17. The highest BCUT2D eigenvalue weighted by molar-refractivity contribution is 7.99. The standard InChI is InChI=1S/C15H23NS/c1-12-5-6-13(2)15(11-12)17-10-4-3-9-16-14-7-8-14/h5-6,11,14,16H,3-4,7-10H2,1-2H3. The zero-order valence-electron chi connectivity index (χ0n) is 11.0. The second-order valence-corrected chi connectivity index (χ2v) is 6.19. The number of nitrogens with one attached hydrogen (secondary N) is 1. The molecule has 1 aliphatic rings. The minimum Gasteiger partial charge on any atom is -0.314 e. The fourth-order valence-electron chi connectivity index (χ4n) is 1.87. The Kier molecular flexibility index (Phi) is 4.93. The van der Waals surface area contributed by atoms with Gasteiger partial charge in [-0.1, -0.05) is 17.7 Å². The summed E-state index contributed by atoms with van der Waals surface area (Å²) in [6.07, 6.45) is 5.43. The molecule has 0 amide bonds. The summed E-state index contributed by atoms with van der Waals surface area (Å²) in [5.74, 6) is 1.25. The SMILES string of the molecule is Cc1ccc(C)c(SCCCCNC2CC2)c1. The fourth-order valence-corrected chi connectivity index (χ4v) is 3.00. The van der Waals surface area contributed by atoms with Crippen LogP contribution in [0.5, 0.6) is 0 Å². The molecule has 0 spiro atoms. The van der Waals surface area contributed by atoms with E-state index < -0.39 is 0 Å². The van der Waals surface area contributed by atoms with Crippen LogP contribution in [-0.2, 0) is 0 Å². The molecule has 0 saturated heterocycles. The van der Waals surface area contributed by atoms with Gasteiger partial charge in [-0.3, -0.25) is 0 Å². The Labute approximate surface area is 109 Å². The Morgan fingerprint density at radius 3 is 2.82 bits per heavy atom. The minimum absolute atomic E-state index is 0.863. The smallest absolute Gasteiger partial charge is 0.0104 e. The Morgan fingerprint density at radius 2 is 2.06 bits per heavy atom. The predicted molar refractivity (Wildman–Crippen MR) is 76.9 cm³/mol. The summed E-state index contributed by atoms with van der Waals surface area (Å²) in [6, 6.07) is 7.59. The van der Waals surface area contributed by atoms with Crippen molar-refractivity contribution in [2.75, 3.05) is 12.3 Å². The van der Waals surface area contributed by atoms with Crippen molar-refractivity contribution in [2.24, 2.45) is 0 Å². The molecule has 0 radical (unpaired) electrons.